The van der Waals surface area contributed by atoms with Gasteiger partial charge in [-0.1, -0.05) is 6.07 Å². The van der Waals surface area contributed by atoms with E-state index in [1.165, 1.54) is 4.88 Å². The molecule has 0 spiro atoms. The lowest BCUT2D eigenvalue weighted by atomic mass is 10.3. The van der Waals surface area contributed by atoms with Gasteiger partial charge in [-0.15, -0.1) is 21.5 Å². The Kier molecular flexibility index (Phi) is 6.73. The third kappa shape index (κ3) is 5.95. The number of aryl methyl sites for hydroxylation is 1. The molecule has 0 bridgehead atoms. The lowest BCUT2D eigenvalue weighted by Gasteiger charge is -2.11. The van der Waals surface area contributed by atoms with E-state index in [9.17, 15) is 0 Å². The second kappa shape index (κ2) is 9.12. The Bertz CT molecular complexity index is 506. The molecule has 0 radical (unpaired) electrons. The lowest BCUT2D eigenvalue weighted by molar-refractivity contribution is 0.598. The quantitative estimate of drug-likeness (QED) is 0.444. The fourth-order valence-electron chi connectivity index (χ4n) is 1.87. The van der Waals surface area contributed by atoms with Crippen LogP contribution in [0, 0.1) is 0 Å². The average Bonchev–Trinajstić information content (AvgIpc) is 3.17. The largest absolute Gasteiger partial charge is 0.357 e. The predicted octanol–water partition coefficient (Wildman–Crippen LogP) is 1.88. The van der Waals surface area contributed by atoms with Crippen LogP contribution in [0.1, 0.15) is 24.6 Å². The fraction of sp³-hybridized carbons (Fsp3) is 0.500. The van der Waals surface area contributed by atoms with Gasteiger partial charge in [-0.25, -0.2) is 4.99 Å². The Morgan fingerprint density at radius 3 is 2.86 bits per heavy atom. The SMILES string of the molecule is CCNC(=NCc1cccs1)NCCCCn1cnnc1. The van der Waals surface area contributed by atoms with Crippen molar-refractivity contribution in [1.82, 2.24) is 25.4 Å². The molecule has 2 rings (SSSR count). The summed E-state index contributed by atoms with van der Waals surface area (Å²) >= 11 is 1.74. The van der Waals surface area contributed by atoms with Gasteiger partial charge in [0.15, 0.2) is 5.96 Å². The van der Waals surface area contributed by atoms with Crippen molar-refractivity contribution in [3.05, 3.63) is 35.0 Å². The number of hydrogen-bond acceptors (Lipinski definition) is 4. The van der Waals surface area contributed by atoms with Crippen LogP contribution in [0.4, 0.5) is 0 Å². The first-order valence-electron chi connectivity index (χ1n) is 7.25. The summed E-state index contributed by atoms with van der Waals surface area (Å²) in [5, 5.41) is 16.3. The van der Waals surface area contributed by atoms with E-state index in [2.05, 4.69) is 50.3 Å². The molecular weight excluding hydrogens is 284 g/mol. The Balaban J connectivity index is 1.66. The van der Waals surface area contributed by atoms with Crippen molar-refractivity contribution in [3.8, 4) is 0 Å². The van der Waals surface area contributed by atoms with Crippen LogP contribution in [0.15, 0.2) is 35.2 Å². The van der Waals surface area contributed by atoms with Crippen molar-refractivity contribution in [2.75, 3.05) is 13.1 Å². The highest BCUT2D eigenvalue weighted by Crippen LogP contribution is 2.09. The smallest absolute Gasteiger partial charge is 0.191 e. The van der Waals surface area contributed by atoms with E-state index >= 15 is 0 Å². The van der Waals surface area contributed by atoms with Crippen LogP contribution in [0.3, 0.4) is 0 Å². The van der Waals surface area contributed by atoms with Crippen molar-refractivity contribution >= 4 is 17.3 Å². The first kappa shape index (κ1) is 15.5. The monoisotopic (exact) mass is 306 g/mol. The van der Waals surface area contributed by atoms with E-state index in [1.807, 2.05) is 4.57 Å². The molecule has 0 fully saturated rings. The number of aliphatic imine (C=N–C) groups is 1. The van der Waals surface area contributed by atoms with Crippen LogP contribution in [-0.2, 0) is 13.1 Å². The zero-order chi connectivity index (χ0) is 14.8. The van der Waals surface area contributed by atoms with Gasteiger partial charge in [0.25, 0.3) is 0 Å². The first-order chi connectivity index (χ1) is 10.4. The number of nitrogens with zero attached hydrogens (tertiary/aromatic N) is 4. The Labute approximate surface area is 129 Å². The molecule has 0 saturated heterocycles. The molecule has 0 saturated carbocycles. The van der Waals surface area contributed by atoms with Crippen LogP contribution < -0.4 is 10.6 Å². The molecule has 0 aromatic carbocycles. The molecule has 2 heterocycles. The summed E-state index contributed by atoms with van der Waals surface area (Å²) in [4.78, 5) is 5.86. The van der Waals surface area contributed by atoms with Gasteiger partial charge in [0.2, 0.25) is 0 Å². The van der Waals surface area contributed by atoms with Crippen molar-refractivity contribution in [3.63, 3.8) is 0 Å². The minimum atomic E-state index is 0.730. The van der Waals surface area contributed by atoms with Gasteiger partial charge >= 0.3 is 0 Å². The van der Waals surface area contributed by atoms with Gasteiger partial charge in [0.05, 0.1) is 6.54 Å². The van der Waals surface area contributed by atoms with E-state index in [-0.39, 0.29) is 0 Å². The minimum absolute atomic E-state index is 0.730. The highest BCUT2D eigenvalue weighted by atomic mass is 32.1. The van der Waals surface area contributed by atoms with E-state index in [4.69, 9.17) is 0 Å². The normalized spacial score (nSPS) is 11.6. The summed E-state index contributed by atoms with van der Waals surface area (Å²) in [6.07, 6.45) is 5.68. The molecule has 2 aromatic rings. The Hall–Kier alpha value is -1.89. The minimum Gasteiger partial charge on any atom is -0.357 e. The number of hydrogen-bond donors (Lipinski definition) is 2. The molecule has 7 heteroatoms. The molecule has 21 heavy (non-hydrogen) atoms. The summed E-state index contributed by atoms with van der Waals surface area (Å²) < 4.78 is 2.00. The number of unbranched alkanes of at least 4 members (excludes halogenated alkanes) is 1. The zero-order valence-electron chi connectivity index (χ0n) is 12.3. The average molecular weight is 306 g/mol. The van der Waals surface area contributed by atoms with Crippen molar-refractivity contribution in [1.29, 1.82) is 0 Å². The van der Waals surface area contributed by atoms with E-state index in [0.717, 1.165) is 45.0 Å². The number of nitrogens with one attached hydrogen (secondary N) is 2. The van der Waals surface area contributed by atoms with E-state index < -0.39 is 0 Å². The van der Waals surface area contributed by atoms with Crippen LogP contribution in [-0.4, -0.2) is 33.8 Å². The zero-order valence-corrected chi connectivity index (χ0v) is 13.1. The van der Waals surface area contributed by atoms with Crippen LogP contribution in [0.5, 0.6) is 0 Å². The molecule has 0 aliphatic rings. The number of thiophene rings is 1. The molecular formula is C14H22N6S. The summed E-state index contributed by atoms with van der Waals surface area (Å²) in [6.45, 7) is 5.55. The Morgan fingerprint density at radius 1 is 1.29 bits per heavy atom. The van der Waals surface area contributed by atoms with Crippen LogP contribution in [0.25, 0.3) is 0 Å². The molecule has 2 aromatic heterocycles. The first-order valence-corrected chi connectivity index (χ1v) is 8.13. The van der Waals surface area contributed by atoms with Crippen molar-refractivity contribution < 1.29 is 0 Å². The van der Waals surface area contributed by atoms with Gasteiger partial charge in [-0.3, -0.25) is 0 Å². The number of guanidine groups is 1. The van der Waals surface area contributed by atoms with Gasteiger partial charge in [0.1, 0.15) is 12.7 Å². The third-order valence-corrected chi connectivity index (χ3v) is 3.78. The Morgan fingerprint density at radius 2 is 2.14 bits per heavy atom. The molecule has 0 atom stereocenters. The third-order valence-electron chi connectivity index (χ3n) is 2.92. The second-order valence-electron chi connectivity index (χ2n) is 4.61. The standard InChI is InChI=1S/C14H22N6S/c1-2-15-14(17-10-13-6-5-9-21-13)16-7-3-4-8-20-11-18-19-12-20/h5-6,9,11-12H,2-4,7-8,10H2,1H3,(H2,15,16,17). The molecule has 0 aliphatic heterocycles. The molecule has 0 amide bonds. The maximum atomic E-state index is 4.58. The number of rotatable bonds is 8. The molecule has 0 aliphatic carbocycles. The summed E-state index contributed by atoms with van der Waals surface area (Å²) in [7, 11) is 0. The van der Waals surface area contributed by atoms with Gasteiger partial charge in [-0.05, 0) is 31.2 Å². The molecule has 6 nitrogen and oxygen atoms in total. The van der Waals surface area contributed by atoms with Gasteiger partial charge in [-0.2, -0.15) is 0 Å². The summed E-state index contributed by atoms with van der Waals surface area (Å²) in [6, 6.07) is 4.16. The highest BCUT2D eigenvalue weighted by molar-refractivity contribution is 7.09. The van der Waals surface area contributed by atoms with Crippen molar-refractivity contribution in [2.45, 2.75) is 32.9 Å². The maximum Gasteiger partial charge on any atom is 0.191 e. The fourth-order valence-corrected chi connectivity index (χ4v) is 2.49. The van der Waals surface area contributed by atoms with E-state index in [0.29, 0.717) is 0 Å². The second-order valence-corrected chi connectivity index (χ2v) is 5.64. The van der Waals surface area contributed by atoms with E-state index in [1.54, 1.807) is 24.0 Å². The maximum absolute atomic E-state index is 4.58. The highest BCUT2D eigenvalue weighted by Gasteiger charge is 1.98. The summed E-state index contributed by atoms with van der Waals surface area (Å²) in [5.74, 6) is 0.884. The van der Waals surface area contributed by atoms with Crippen LogP contribution >= 0.6 is 11.3 Å². The molecule has 0 unspecified atom stereocenters. The van der Waals surface area contributed by atoms with Gasteiger partial charge in [0, 0.05) is 24.5 Å². The van der Waals surface area contributed by atoms with Crippen molar-refractivity contribution in [2.24, 2.45) is 4.99 Å². The predicted molar refractivity (Wildman–Crippen MR) is 86.4 cm³/mol. The lowest BCUT2D eigenvalue weighted by Crippen LogP contribution is -2.37. The summed E-state index contributed by atoms with van der Waals surface area (Å²) in [5.41, 5.74) is 0. The number of aromatic nitrogens is 3. The molecule has 114 valence electrons. The topological polar surface area (TPSA) is 67.1 Å². The molecule has 2 N–H and O–H groups in total. The van der Waals surface area contributed by atoms with Gasteiger partial charge < -0.3 is 15.2 Å². The van der Waals surface area contributed by atoms with Crippen LogP contribution in [0.2, 0.25) is 0 Å².